The van der Waals surface area contributed by atoms with Gasteiger partial charge in [0.2, 0.25) is 0 Å². The predicted molar refractivity (Wildman–Crippen MR) is 529 cm³/mol. The summed E-state index contributed by atoms with van der Waals surface area (Å²) in [6.07, 6.45) is 3.85. The Bertz CT molecular complexity index is 8460. The van der Waals surface area contributed by atoms with Gasteiger partial charge in [-0.2, -0.15) is 0 Å². The lowest BCUT2D eigenvalue weighted by molar-refractivity contribution is 0.660. The van der Waals surface area contributed by atoms with Crippen LogP contribution in [0.15, 0.2) is 438 Å². The van der Waals surface area contributed by atoms with Crippen molar-refractivity contribution in [2.75, 3.05) is 0 Å². The molecule has 26 aromatic rings. The van der Waals surface area contributed by atoms with Gasteiger partial charge in [0.25, 0.3) is 0 Å². The van der Waals surface area contributed by atoms with E-state index in [0.717, 1.165) is 149 Å². The Hall–Kier alpha value is -17.2. The summed E-state index contributed by atoms with van der Waals surface area (Å²) >= 11 is 0. The predicted octanol–water partition coefficient (Wildman–Crippen LogP) is 31.0. The number of hydrogen-bond acceptors (Lipinski definition) is 8. The zero-order valence-electron chi connectivity index (χ0n) is 70.2. The fourth-order valence-corrected chi connectivity index (χ4v) is 19.7. The highest BCUT2D eigenvalue weighted by Crippen LogP contribution is 2.51. The first-order valence-corrected chi connectivity index (χ1v) is 43.6. The van der Waals surface area contributed by atoms with Crippen LogP contribution in [0.3, 0.4) is 0 Å². The van der Waals surface area contributed by atoms with Crippen LogP contribution in [0.4, 0.5) is 0 Å². The summed E-state index contributed by atoms with van der Waals surface area (Å²) in [5.41, 5.74) is 31.0. The van der Waals surface area contributed by atoms with Crippen molar-refractivity contribution >= 4 is 131 Å². The van der Waals surface area contributed by atoms with Crippen molar-refractivity contribution in [3.8, 4) is 107 Å². The Balaban J connectivity index is 0.000000105. The maximum atomic E-state index is 6.25. The van der Waals surface area contributed by atoms with E-state index in [-0.39, 0.29) is 5.41 Å². The summed E-state index contributed by atoms with van der Waals surface area (Å²) in [5, 5.41) is 13.8. The Morgan fingerprint density at radius 2 is 0.535 bits per heavy atom. The average Bonchev–Trinajstić information content (AvgIpc) is 1.59. The number of nitrogens with zero attached hydrogens (tertiary/aromatic N) is 8. The van der Waals surface area contributed by atoms with E-state index in [0.29, 0.717) is 17.5 Å². The molecule has 0 amide bonds. The van der Waals surface area contributed by atoms with Crippen LogP contribution in [0.5, 0.6) is 0 Å². The zero-order valence-corrected chi connectivity index (χ0v) is 70.2. The first-order chi connectivity index (χ1) is 63.7. The van der Waals surface area contributed by atoms with Gasteiger partial charge in [0.1, 0.15) is 45.1 Å². The molecule has 0 N–H and O–H groups in total. The SMILES string of the molecule is CC1(C)c2ccccc2-c2cc(-c3ccc(-n4c5ccccc5c5cc6oc7ccccc7c6cc54)cc3)ccc21.c1ccc(-c2cc(-c3ccccc3)cc(-c3ccc(-n4c5ccccc5c5cc6oc7ccccc7c6cc54)nc3)c2)cc1.c1ccc(-c2nc(-c3ccccc3)nc(-c3ccc(-n4c5ccccc5c5cc6oc7ccccc7c6cc54)nc3)n2)cc1. The number of benzene rings is 17. The van der Waals surface area contributed by atoms with Crippen LogP contribution in [0.1, 0.15) is 25.0 Å². The number of pyridine rings is 2. The fraction of sp³-hybridized carbons (Fsp3) is 0.0254. The first-order valence-electron chi connectivity index (χ1n) is 43.6. The molecule has 9 aromatic heterocycles. The van der Waals surface area contributed by atoms with Gasteiger partial charge in [-0.05, 0) is 195 Å². The van der Waals surface area contributed by atoms with E-state index in [2.05, 4.69) is 325 Å². The van der Waals surface area contributed by atoms with E-state index in [4.69, 9.17) is 38.2 Å². The van der Waals surface area contributed by atoms with Crippen LogP contribution in [0.25, 0.3) is 238 Å². The lowest BCUT2D eigenvalue weighted by atomic mass is 9.82. The third-order valence-corrected chi connectivity index (χ3v) is 25.9. The monoisotopic (exact) mass is 1650 g/mol. The topological polar surface area (TPSA) is 119 Å². The van der Waals surface area contributed by atoms with Crippen LogP contribution in [0, 0.1) is 0 Å². The van der Waals surface area contributed by atoms with Gasteiger partial charge in [-0.1, -0.05) is 293 Å². The summed E-state index contributed by atoms with van der Waals surface area (Å²) < 4.78 is 25.6. The molecule has 0 bridgehead atoms. The van der Waals surface area contributed by atoms with E-state index in [1.54, 1.807) is 0 Å². The summed E-state index contributed by atoms with van der Waals surface area (Å²) in [7, 11) is 0. The van der Waals surface area contributed by atoms with Crippen LogP contribution < -0.4 is 0 Å². The molecule has 0 spiro atoms. The fourth-order valence-electron chi connectivity index (χ4n) is 19.7. The average molecular weight is 1650 g/mol. The van der Waals surface area contributed by atoms with Gasteiger partial charge in [0.15, 0.2) is 17.5 Å². The number of aromatic nitrogens is 8. The minimum absolute atomic E-state index is 0.0244. The number of rotatable bonds is 10. The normalized spacial score (nSPS) is 12.3. The van der Waals surface area contributed by atoms with Crippen LogP contribution in [-0.2, 0) is 5.41 Å². The molecule has 1 aliphatic rings. The van der Waals surface area contributed by atoms with Crippen LogP contribution in [-0.4, -0.2) is 38.6 Å². The zero-order chi connectivity index (χ0) is 85.4. The summed E-state index contributed by atoms with van der Waals surface area (Å²) in [6, 6.07) is 145. The van der Waals surface area contributed by atoms with E-state index < -0.39 is 0 Å². The molecule has 129 heavy (non-hydrogen) atoms. The molecule has 9 heterocycles. The second-order valence-electron chi connectivity index (χ2n) is 33.8. The van der Waals surface area contributed by atoms with E-state index in [9.17, 15) is 0 Å². The van der Waals surface area contributed by atoms with Crippen LogP contribution >= 0.6 is 0 Å². The van der Waals surface area contributed by atoms with Gasteiger partial charge in [-0.3, -0.25) is 9.13 Å². The highest BCUT2D eigenvalue weighted by atomic mass is 16.3. The smallest absolute Gasteiger partial charge is 0.165 e. The van der Waals surface area contributed by atoms with Crippen molar-refractivity contribution in [1.29, 1.82) is 0 Å². The maximum Gasteiger partial charge on any atom is 0.165 e. The lowest BCUT2D eigenvalue weighted by Gasteiger charge is -2.21. The maximum absolute atomic E-state index is 6.25. The second kappa shape index (κ2) is 30.1. The minimum Gasteiger partial charge on any atom is -0.456 e. The first kappa shape index (κ1) is 74.5. The minimum atomic E-state index is 0.0244. The van der Waals surface area contributed by atoms with Gasteiger partial charge >= 0.3 is 0 Å². The highest BCUT2D eigenvalue weighted by molar-refractivity contribution is 6.20. The molecular formula is C118H76N8O3. The third-order valence-electron chi connectivity index (χ3n) is 25.9. The third kappa shape index (κ3) is 12.6. The van der Waals surface area contributed by atoms with Crippen molar-refractivity contribution in [2.24, 2.45) is 0 Å². The van der Waals surface area contributed by atoms with E-state index in [1.807, 2.05) is 128 Å². The number of hydrogen-bond donors (Lipinski definition) is 0. The van der Waals surface area contributed by atoms with Gasteiger partial charge < -0.3 is 17.8 Å². The summed E-state index contributed by atoms with van der Waals surface area (Å²) in [6.45, 7) is 4.66. The van der Waals surface area contributed by atoms with Gasteiger partial charge in [-0.15, -0.1) is 0 Å². The molecule has 0 saturated heterocycles. The highest BCUT2D eigenvalue weighted by Gasteiger charge is 2.35. The van der Waals surface area contributed by atoms with Gasteiger partial charge in [-0.25, -0.2) is 24.9 Å². The molecule has 27 rings (SSSR count). The molecule has 0 fully saturated rings. The Morgan fingerprint density at radius 3 is 0.977 bits per heavy atom. The molecule has 606 valence electrons. The molecule has 0 unspecified atom stereocenters. The molecule has 11 heteroatoms. The number of para-hydroxylation sites is 6. The molecule has 11 nitrogen and oxygen atoms in total. The summed E-state index contributed by atoms with van der Waals surface area (Å²) in [5.74, 6) is 3.52. The lowest BCUT2D eigenvalue weighted by Crippen LogP contribution is -2.14. The Kier molecular flexibility index (Phi) is 17.4. The van der Waals surface area contributed by atoms with E-state index in [1.165, 1.54) is 82.8 Å². The largest absolute Gasteiger partial charge is 0.456 e. The van der Waals surface area contributed by atoms with Crippen molar-refractivity contribution in [2.45, 2.75) is 19.3 Å². The molecule has 1 aliphatic carbocycles. The van der Waals surface area contributed by atoms with Crippen LogP contribution in [0.2, 0.25) is 0 Å². The molecule has 0 aliphatic heterocycles. The Labute approximate surface area is 740 Å². The Morgan fingerprint density at radius 1 is 0.202 bits per heavy atom. The molecular weight excluding hydrogens is 1580 g/mol. The van der Waals surface area contributed by atoms with Crippen molar-refractivity contribution < 1.29 is 13.3 Å². The molecule has 0 radical (unpaired) electrons. The number of fused-ring (bicyclic) bond motifs is 21. The summed E-state index contributed by atoms with van der Waals surface area (Å²) in [4.78, 5) is 24.6. The quantitative estimate of drug-likeness (QED) is 0.133. The van der Waals surface area contributed by atoms with Crippen molar-refractivity contribution in [1.82, 2.24) is 38.6 Å². The van der Waals surface area contributed by atoms with Crippen molar-refractivity contribution in [3.63, 3.8) is 0 Å². The van der Waals surface area contributed by atoms with Crippen molar-refractivity contribution in [3.05, 3.63) is 436 Å². The van der Waals surface area contributed by atoms with Gasteiger partial charge in [0, 0.05) is 110 Å². The molecule has 17 aromatic carbocycles. The molecule has 0 saturated carbocycles. The van der Waals surface area contributed by atoms with Gasteiger partial charge in [0.05, 0.1) is 33.1 Å². The number of furan rings is 3. The second-order valence-corrected chi connectivity index (χ2v) is 33.8. The molecule has 0 atom stereocenters. The van der Waals surface area contributed by atoms with E-state index >= 15 is 0 Å². The standard InChI is InChI=1S/C41H26N2O.C39H27NO.C38H23N5O/c1-3-11-27(12-4-1)30-21-31(28-13-5-2-6-14-28)23-32(22-30)29-19-20-41(42-26-29)43-37-17-9-7-15-33(37)35-25-40-36(24-38(35)43)34-16-8-10-18-39(34)44-40;1-39(2)33-12-6-3-9-27(33)30-21-25(17-20-34(30)39)24-15-18-26(19-16-24)40-35-13-7-4-10-28(35)31-23-38-32(22-36(31)40)29-11-5-8-14-37(29)41-38;1-3-11-24(12-4-1)36-40-37(25-13-5-2-6-14-25)42-38(41-36)26-19-20-35(39-23-26)43-31-17-9-7-15-27(31)29-22-34-30(21-32(29)43)28-16-8-10-18-33(28)44-34/h1-26H;3-23H,1-2H3;1-23H.